The topological polar surface area (TPSA) is 58.8 Å². The van der Waals surface area contributed by atoms with Crippen LogP contribution in [0, 0.1) is 0 Å². The van der Waals surface area contributed by atoms with Crippen LogP contribution in [0.3, 0.4) is 0 Å². The summed E-state index contributed by atoms with van der Waals surface area (Å²) in [6.07, 6.45) is 0.383. The predicted molar refractivity (Wildman–Crippen MR) is 98.5 cm³/mol. The molecule has 3 heterocycles. The second-order valence-corrected chi connectivity index (χ2v) is 6.64. The Morgan fingerprint density at radius 2 is 1.92 bits per heavy atom. The number of fused-ring (bicyclic) bond motifs is 2. The molecular formula is C20H19N3O3. The molecule has 132 valence electrons. The molecule has 2 aliphatic rings. The van der Waals surface area contributed by atoms with Gasteiger partial charge in [0.05, 0.1) is 13.2 Å². The van der Waals surface area contributed by atoms with Gasteiger partial charge in [0.25, 0.3) is 11.9 Å². The highest BCUT2D eigenvalue weighted by Gasteiger charge is 2.34. The molecule has 1 fully saturated rings. The predicted octanol–water partition coefficient (Wildman–Crippen LogP) is 2.62. The molecule has 0 aliphatic carbocycles. The SMILES string of the molecule is O=C(C1CN(c2nc3ccccc3o2)CCO1)N1CCc2ccccc21. The zero-order valence-corrected chi connectivity index (χ0v) is 14.3. The number of benzene rings is 2. The summed E-state index contributed by atoms with van der Waals surface area (Å²) < 4.78 is 11.6. The molecule has 1 saturated heterocycles. The van der Waals surface area contributed by atoms with E-state index in [0.29, 0.717) is 32.3 Å². The van der Waals surface area contributed by atoms with Gasteiger partial charge >= 0.3 is 0 Å². The molecule has 2 aliphatic heterocycles. The van der Waals surface area contributed by atoms with E-state index in [2.05, 4.69) is 11.1 Å². The number of ether oxygens (including phenoxy) is 1. The Kier molecular flexibility index (Phi) is 3.64. The van der Waals surface area contributed by atoms with Crippen LogP contribution in [0.15, 0.2) is 52.9 Å². The van der Waals surface area contributed by atoms with Crippen molar-refractivity contribution in [2.24, 2.45) is 0 Å². The van der Waals surface area contributed by atoms with Crippen molar-refractivity contribution in [1.82, 2.24) is 4.98 Å². The summed E-state index contributed by atoms with van der Waals surface area (Å²) in [4.78, 5) is 21.4. The van der Waals surface area contributed by atoms with Gasteiger partial charge in [0, 0.05) is 18.8 Å². The minimum absolute atomic E-state index is 0.00996. The van der Waals surface area contributed by atoms with E-state index in [1.165, 1.54) is 5.56 Å². The first-order chi connectivity index (χ1) is 12.8. The Morgan fingerprint density at radius 1 is 1.08 bits per heavy atom. The number of oxazole rings is 1. The lowest BCUT2D eigenvalue weighted by molar-refractivity contribution is -0.130. The van der Waals surface area contributed by atoms with Crippen LogP contribution >= 0.6 is 0 Å². The lowest BCUT2D eigenvalue weighted by atomic mass is 10.2. The smallest absolute Gasteiger partial charge is 0.298 e. The first-order valence-corrected chi connectivity index (χ1v) is 8.91. The lowest BCUT2D eigenvalue weighted by Crippen LogP contribution is -2.51. The largest absolute Gasteiger partial charge is 0.423 e. The van der Waals surface area contributed by atoms with Crippen LogP contribution < -0.4 is 9.80 Å². The van der Waals surface area contributed by atoms with E-state index >= 15 is 0 Å². The van der Waals surface area contributed by atoms with Crippen LogP contribution in [0.1, 0.15) is 5.56 Å². The molecular weight excluding hydrogens is 330 g/mol. The molecule has 0 N–H and O–H groups in total. The fraction of sp³-hybridized carbons (Fsp3) is 0.300. The molecule has 2 aromatic carbocycles. The van der Waals surface area contributed by atoms with Gasteiger partial charge in [-0.2, -0.15) is 4.98 Å². The number of morpholine rings is 1. The first kappa shape index (κ1) is 15.4. The zero-order chi connectivity index (χ0) is 17.5. The minimum atomic E-state index is -0.509. The maximum absolute atomic E-state index is 13.0. The number of carbonyl (C=O) groups excluding carboxylic acids is 1. The highest BCUT2D eigenvalue weighted by atomic mass is 16.5. The van der Waals surface area contributed by atoms with Gasteiger partial charge in [-0.1, -0.05) is 30.3 Å². The summed E-state index contributed by atoms with van der Waals surface area (Å²) in [7, 11) is 0. The standard InChI is InChI=1S/C20H19N3O3/c24-19(23-10-9-14-5-1-3-7-16(14)23)18-13-22(11-12-25-18)20-21-15-6-2-4-8-17(15)26-20/h1-8,18H,9-13H2. The van der Waals surface area contributed by atoms with Gasteiger partial charge in [0.2, 0.25) is 0 Å². The molecule has 1 unspecified atom stereocenters. The molecule has 1 atom stereocenters. The summed E-state index contributed by atoms with van der Waals surface area (Å²) in [6, 6.07) is 16.3. The van der Waals surface area contributed by atoms with E-state index in [1.54, 1.807) is 0 Å². The maximum atomic E-state index is 13.0. The van der Waals surface area contributed by atoms with E-state index in [4.69, 9.17) is 9.15 Å². The van der Waals surface area contributed by atoms with Gasteiger partial charge in [-0.15, -0.1) is 0 Å². The number of carbonyl (C=O) groups is 1. The summed E-state index contributed by atoms with van der Waals surface area (Å²) in [5, 5.41) is 0. The van der Waals surface area contributed by atoms with Gasteiger partial charge < -0.3 is 19.0 Å². The van der Waals surface area contributed by atoms with Crippen LogP contribution in [-0.4, -0.2) is 43.2 Å². The fourth-order valence-corrected chi connectivity index (χ4v) is 3.71. The van der Waals surface area contributed by atoms with Crippen molar-refractivity contribution in [3.63, 3.8) is 0 Å². The monoisotopic (exact) mass is 349 g/mol. The molecule has 1 amide bonds. The molecule has 6 heteroatoms. The lowest BCUT2D eigenvalue weighted by Gasteiger charge is -2.33. The fourth-order valence-electron chi connectivity index (χ4n) is 3.71. The number of para-hydroxylation sites is 3. The average Bonchev–Trinajstić information content (AvgIpc) is 3.32. The van der Waals surface area contributed by atoms with E-state index in [9.17, 15) is 4.79 Å². The van der Waals surface area contributed by atoms with Crippen LogP contribution in [0.5, 0.6) is 0 Å². The molecule has 3 aromatic rings. The quantitative estimate of drug-likeness (QED) is 0.712. The second kappa shape index (κ2) is 6.14. The molecule has 1 aromatic heterocycles. The Bertz CT molecular complexity index is 935. The van der Waals surface area contributed by atoms with Gasteiger partial charge in [-0.3, -0.25) is 4.79 Å². The average molecular weight is 349 g/mol. The highest BCUT2D eigenvalue weighted by Crippen LogP contribution is 2.29. The number of rotatable bonds is 2. The molecule has 5 rings (SSSR count). The number of nitrogens with zero attached hydrogens (tertiary/aromatic N) is 3. The van der Waals surface area contributed by atoms with Crippen molar-refractivity contribution in [3.05, 3.63) is 54.1 Å². The third-order valence-electron chi connectivity index (χ3n) is 5.05. The van der Waals surface area contributed by atoms with Crippen LogP contribution in [0.2, 0.25) is 0 Å². The van der Waals surface area contributed by atoms with Gasteiger partial charge in [-0.05, 0) is 30.2 Å². The van der Waals surface area contributed by atoms with Crippen molar-refractivity contribution >= 4 is 28.7 Å². The van der Waals surface area contributed by atoms with Crippen molar-refractivity contribution < 1.29 is 13.9 Å². The second-order valence-electron chi connectivity index (χ2n) is 6.64. The minimum Gasteiger partial charge on any atom is -0.423 e. The third kappa shape index (κ3) is 2.54. The summed E-state index contributed by atoms with van der Waals surface area (Å²) in [6.45, 7) is 2.29. The van der Waals surface area contributed by atoms with E-state index in [1.807, 2.05) is 52.3 Å². The Morgan fingerprint density at radius 3 is 2.85 bits per heavy atom. The molecule has 0 radical (unpaired) electrons. The number of amides is 1. The Labute approximate surface area is 151 Å². The van der Waals surface area contributed by atoms with Crippen LogP contribution in [0.25, 0.3) is 11.1 Å². The van der Waals surface area contributed by atoms with Gasteiger partial charge in [0.1, 0.15) is 5.52 Å². The van der Waals surface area contributed by atoms with Gasteiger partial charge in [0.15, 0.2) is 11.7 Å². The molecule has 0 spiro atoms. The maximum Gasteiger partial charge on any atom is 0.298 e. The Balaban J connectivity index is 1.36. The van der Waals surface area contributed by atoms with E-state index in [-0.39, 0.29) is 5.91 Å². The summed E-state index contributed by atoms with van der Waals surface area (Å²) >= 11 is 0. The van der Waals surface area contributed by atoms with Crippen molar-refractivity contribution in [2.45, 2.75) is 12.5 Å². The molecule has 6 nitrogen and oxygen atoms in total. The molecule has 26 heavy (non-hydrogen) atoms. The summed E-state index contributed by atoms with van der Waals surface area (Å²) in [5.41, 5.74) is 3.79. The van der Waals surface area contributed by atoms with Crippen LogP contribution in [0.4, 0.5) is 11.7 Å². The normalized spacial score (nSPS) is 19.8. The van der Waals surface area contributed by atoms with E-state index in [0.717, 1.165) is 23.2 Å². The highest BCUT2D eigenvalue weighted by molar-refractivity contribution is 5.98. The van der Waals surface area contributed by atoms with Crippen molar-refractivity contribution in [2.75, 3.05) is 36.0 Å². The van der Waals surface area contributed by atoms with E-state index < -0.39 is 6.10 Å². The summed E-state index contributed by atoms with van der Waals surface area (Å²) in [5.74, 6) is 0.00996. The Hall–Kier alpha value is -2.86. The first-order valence-electron chi connectivity index (χ1n) is 8.91. The van der Waals surface area contributed by atoms with Crippen LogP contribution in [-0.2, 0) is 16.0 Å². The molecule has 0 saturated carbocycles. The van der Waals surface area contributed by atoms with Crippen molar-refractivity contribution in [1.29, 1.82) is 0 Å². The number of hydrogen-bond acceptors (Lipinski definition) is 5. The number of anilines is 2. The third-order valence-corrected chi connectivity index (χ3v) is 5.05. The number of aromatic nitrogens is 1. The zero-order valence-electron chi connectivity index (χ0n) is 14.3. The number of hydrogen-bond donors (Lipinski definition) is 0. The molecule has 0 bridgehead atoms. The van der Waals surface area contributed by atoms with Crippen molar-refractivity contribution in [3.8, 4) is 0 Å². The van der Waals surface area contributed by atoms with Gasteiger partial charge in [-0.25, -0.2) is 0 Å².